The van der Waals surface area contributed by atoms with E-state index in [2.05, 4.69) is 29.5 Å². The van der Waals surface area contributed by atoms with Gasteiger partial charge >= 0.3 is 0 Å². The third-order valence-corrected chi connectivity index (χ3v) is 5.79. The average Bonchev–Trinajstić information content (AvgIpc) is 3.27. The van der Waals surface area contributed by atoms with Gasteiger partial charge in [0.05, 0.1) is 6.20 Å². The first-order valence-corrected chi connectivity index (χ1v) is 12.0. The van der Waals surface area contributed by atoms with Crippen molar-refractivity contribution < 1.29 is 24.2 Å². The van der Waals surface area contributed by atoms with Crippen molar-refractivity contribution in [1.82, 2.24) is 15.6 Å². The number of thiazole rings is 1. The summed E-state index contributed by atoms with van der Waals surface area (Å²) >= 11 is 1.16. The van der Waals surface area contributed by atoms with Crippen LogP contribution in [0, 0.1) is 5.92 Å². The molecule has 0 saturated heterocycles. The largest absolute Gasteiger partial charge is 0.492 e. The third kappa shape index (κ3) is 10.2. The fourth-order valence-corrected chi connectivity index (χ4v) is 3.73. The maximum absolute atomic E-state index is 12.2. The van der Waals surface area contributed by atoms with Crippen LogP contribution < -0.4 is 25.8 Å². The van der Waals surface area contributed by atoms with E-state index in [1.54, 1.807) is 24.3 Å². The third-order valence-electron chi connectivity index (χ3n) is 4.88. The van der Waals surface area contributed by atoms with Gasteiger partial charge in [0.2, 0.25) is 5.91 Å². The molecule has 0 aliphatic rings. The molecule has 33 heavy (non-hydrogen) atoms. The molecule has 1 aromatic carbocycles. The lowest BCUT2D eigenvalue weighted by Gasteiger charge is -2.12. The average molecular weight is 479 g/mol. The minimum Gasteiger partial charge on any atom is -0.492 e. The molecule has 10 heteroatoms. The van der Waals surface area contributed by atoms with Crippen LogP contribution in [-0.2, 0) is 0 Å². The predicted molar refractivity (Wildman–Crippen MR) is 128 cm³/mol. The number of amides is 2. The van der Waals surface area contributed by atoms with Crippen LogP contribution in [0.4, 0.5) is 0 Å². The molecule has 0 bridgehead atoms. The quantitative estimate of drug-likeness (QED) is 0.272. The molecule has 1 aromatic heterocycles. The fraction of sp³-hybridized carbons (Fsp3) is 0.522. The Hall–Kier alpha value is -2.69. The highest BCUT2D eigenvalue weighted by molar-refractivity contribution is 7.15. The van der Waals surface area contributed by atoms with Gasteiger partial charge in [-0.1, -0.05) is 38.0 Å². The minimum absolute atomic E-state index is 0.0611. The summed E-state index contributed by atoms with van der Waals surface area (Å²) in [5.41, 5.74) is 5.62. The first-order chi connectivity index (χ1) is 15.9. The van der Waals surface area contributed by atoms with Gasteiger partial charge in [0.25, 0.3) is 11.1 Å². The second kappa shape index (κ2) is 14.5. The van der Waals surface area contributed by atoms with Crippen LogP contribution in [0.5, 0.6) is 10.9 Å². The van der Waals surface area contributed by atoms with Gasteiger partial charge in [-0.2, -0.15) is 0 Å². The number of carbonyl (C=O) groups is 2. The Balaban J connectivity index is 1.58. The molecule has 0 aliphatic carbocycles. The van der Waals surface area contributed by atoms with E-state index in [0.29, 0.717) is 53.5 Å². The number of nitrogens with two attached hydrogens (primary N) is 1. The van der Waals surface area contributed by atoms with Crippen molar-refractivity contribution in [3.8, 4) is 10.9 Å². The number of primary amides is 1. The molecule has 0 saturated carbocycles. The topological polar surface area (TPSA) is 136 Å². The molecule has 2 atom stereocenters. The molecular weight excluding hydrogens is 444 g/mol. The lowest BCUT2D eigenvalue weighted by Crippen LogP contribution is -2.33. The summed E-state index contributed by atoms with van der Waals surface area (Å²) in [6.07, 6.45) is 4.01. The van der Waals surface area contributed by atoms with Crippen LogP contribution in [0.3, 0.4) is 0 Å². The number of ether oxygens (including phenoxy) is 2. The summed E-state index contributed by atoms with van der Waals surface area (Å²) < 4.78 is 11.1. The zero-order valence-corrected chi connectivity index (χ0v) is 20.0. The SMILES string of the molecule is CCCC(C)CCNC(=O)c1cnc(OCC(O)CNCCOc2ccc(C(N)=O)cc2)s1. The molecule has 0 aliphatic heterocycles. The van der Waals surface area contributed by atoms with Crippen molar-refractivity contribution >= 4 is 23.2 Å². The molecule has 5 N–H and O–H groups in total. The van der Waals surface area contributed by atoms with Gasteiger partial charge < -0.3 is 30.9 Å². The highest BCUT2D eigenvalue weighted by Gasteiger charge is 2.13. The Labute approximate surface area is 198 Å². The number of aromatic nitrogens is 1. The van der Waals surface area contributed by atoms with E-state index in [9.17, 15) is 14.7 Å². The van der Waals surface area contributed by atoms with E-state index < -0.39 is 12.0 Å². The van der Waals surface area contributed by atoms with Gasteiger partial charge in [-0.15, -0.1) is 0 Å². The molecule has 1 heterocycles. The molecule has 9 nitrogen and oxygen atoms in total. The summed E-state index contributed by atoms with van der Waals surface area (Å²) in [6, 6.07) is 6.57. The lowest BCUT2D eigenvalue weighted by molar-refractivity contribution is 0.0954. The fourth-order valence-electron chi connectivity index (χ4n) is 3.04. The van der Waals surface area contributed by atoms with Gasteiger partial charge in [0.1, 0.15) is 29.9 Å². The number of aliphatic hydroxyl groups excluding tert-OH is 1. The molecule has 2 amide bonds. The summed E-state index contributed by atoms with van der Waals surface area (Å²) in [6.45, 7) is 6.28. The van der Waals surface area contributed by atoms with Gasteiger partial charge in [0.15, 0.2) is 0 Å². The van der Waals surface area contributed by atoms with Crippen molar-refractivity contribution in [2.75, 3.05) is 32.8 Å². The number of hydrogen-bond donors (Lipinski definition) is 4. The highest BCUT2D eigenvalue weighted by Crippen LogP contribution is 2.20. The number of nitrogens with zero attached hydrogens (tertiary/aromatic N) is 1. The number of carbonyl (C=O) groups excluding carboxylic acids is 2. The lowest BCUT2D eigenvalue weighted by atomic mass is 10.0. The molecular formula is C23H34N4O5S. The Morgan fingerprint density at radius 3 is 2.64 bits per heavy atom. The van der Waals surface area contributed by atoms with Crippen molar-refractivity contribution in [3.63, 3.8) is 0 Å². The highest BCUT2D eigenvalue weighted by atomic mass is 32.1. The van der Waals surface area contributed by atoms with E-state index in [-0.39, 0.29) is 12.5 Å². The second-order valence-electron chi connectivity index (χ2n) is 7.83. The van der Waals surface area contributed by atoms with Crippen LogP contribution in [0.2, 0.25) is 0 Å². The first-order valence-electron chi connectivity index (χ1n) is 11.2. The van der Waals surface area contributed by atoms with E-state index >= 15 is 0 Å². The molecule has 0 spiro atoms. The van der Waals surface area contributed by atoms with Crippen LogP contribution in [0.1, 0.15) is 53.1 Å². The van der Waals surface area contributed by atoms with E-state index in [1.807, 2.05) is 0 Å². The monoisotopic (exact) mass is 478 g/mol. The maximum atomic E-state index is 12.2. The predicted octanol–water partition coefficient (Wildman–Crippen LogP) is 2.21. The zero-order valence-electron chi connectivity index (χ0n) is 19.2. The van der Waals surface area contributed by atoms with Crippen LogP contribution >= 0.6 is 11.3 Å². The van der Waals surface area contributed by atoms with E-state index in [0.717, 1.165) is 30.6 Å². The van der Waals surface area contributed by atoms with Gasteiger partial charge in [-0.05, 0) is 36.6 Å². The molecule has 2 unspecified atom stereocenters. The summed E-state index contributed by atoms with van der Waals surface area (Å²) in [7, 11) is 0. The molecule has 182 valence electrons. The van der Waals surface area contributed by atoms with E-state index in [1.165, 1.54) is 6.20 Å². The summed E-state index contributed by atoms with van der Waals surface area (Å²) in [4.78, 5) is 27.8. The van der Waals surface area contributed by atoms with E-state index in [4.69, 9.17) is 15.2 Å². The summed E-state index contributed by atoms with van der Waals surface area (Å²) in [5.74, 6) is 0.582. The van der Waals surface area contributed by atoms with Crippen molar-refractivity contribution in [2.45, 2.75) is 39.2 Å². The Bertz CT molecular complexity index is 859. The van der Waals surface area contributed by atoms with Crippen LogP contribution in [-0.4, -0.2) is 60.9 Å². The Morgan fingerprint density at radius 2 is 1.94 bits per heavy atom. The molecule has 2 rings (SSSR count). The Morgan fingerprint density at radius 1 is 1.18 bits per heavy atom. The van der Waals surface area contributed by atoms with Crippen molar-refractivity contribution in [3.05, 3.63) is 40.9 Å². The second-order valence-corrected chi connectivity index (χ2v) is 8.83. The minimum atomic E-state index is -0.735. The van der Waals surface area contributed by atoms with Gasteiger partial charge in [0, 0.05) is 25.2 Å². The number of aliphatic hydroxyl groups is 1. The number of nitrogens with one attached hydrogen (secondary N) is 2. The first kappa shape index (κ1) is 26.6. The number of hydrogen-bond acceptors (Lipinski definition) is 8. The zero-order chi connectivity index (χ0) is 24.1. The molecule has 2 aromatic rings. The van der Waals surface area contributed by atoms with Crippen molar-refractivity contribution in [1.29, 1.82) is 0 Å². The van der Waals surface area contributed by atoms with Gasteiger partial charge in [-0.25, -0.2) is 4.98 Å². The number of benzene rings is 1. The standard InChI is InChI=1S/C23H34N4O5S/c1-3-4-16(2)9-10-26-22(30)20-14-27-23(33-20)32-15-18(28)13-25-11-12-31-19-7-5-17(6-8-19)21(24)29/h5-8,14,16,18,25,28H,3-4,9-13,15H2,1-2H3,(H2,24,29)(H,26,30). The molecule has 0 radical (unpaired) electrons. The molecule has 0 fully saturated rings. The van der Waals surface area contributed by atoms with Crippen molar-refractivity contribution in [2.24, 2.45) is 11.7 Å². The summed E-state index contributed by atoms with van der Waals surface area (Å²) in [5, 5.41) is 16.4. The maximum Gasteiger partial charge on any atom is 0.273 e. The van der Waals surface area contributed by atoms with Crippen LogP contribution in [0.15, 0.2) is 30.5 Å². The normalized spacial score (nSPS) is 12.7. The Kier molecular flexibility index (Phi) is 11.6. The van der Waals surface area contributed by atoms with Gasteiger partial charge in [-0.3, -0.25) is 9.59 Å². The van der Waals surface area contributed by atoms with Crippen LogP contribution in [0.25, 0.3) is 0 Å². The smallest absolute Gasteiger partial charge is 0.273 e. The number of rotatable bonds is 16.